The van der Waals surface area contributed by atoms with E-state index in [-0.39, 0.29) is 17.7 Å². The molecule has 3 N–H and O–H groups in total. The summed E-state index contributed by atoms with van der Waals surface area (Å²) >= 11 is 0. The average molecular weight is 331 g/mol. The van der Waals surface area contributed by atoms with Crippen molar-refractivity contribution in [2.45, 2.75) is 31.9 Å². The molecule has 0 amide bonds. The Bertz CT molecular complexity index is 749. The lowest BCUT2D eigenvalue weighted by atomic mass is 10.1. The fraction of sp³-hybridized carbons (Fsp3) is 0.278. The van der Waals surface area contributed by atoms with Crippen LogP contribution >= 0.6 is 0 Å². The third kappa shape index (κ3) is 4.01. The monoisotopic (exact) mass is 331 g/mol. The first-order chi connectivity index (χ1) is 11.5. The Morgan fingerprint density at radius 3 is 2.79 bits per heavy atom. The number of hydrogen-bond acceptors (Lipinski definition) is 2. The number of alkyl halides is 2. The summed E-state index contributed by atoms with van der Waals surface area (Å²) in [6.07, 6.45) is 0.764. The van der Waals surface area contributed by atoms with E-state index in [1.165, 1.54) is 0 Å². The molecule has 0 radical (unpaired) electrons. The van der Waals surface area contributed by atoms with Crippen LogP contribution in [0.25, 0.3) is 0 Å². The molecule has 24 heavy (non-hydrogen) atoms. The molecule has 1 aliphatic rings. The smallest absolute Gasteiger partial charge is 0.387 e. The number of aliphatic imine (C=N–C) groups is 1. The Kier molecular flexibility index (Phi) is 4.64. The van der Waals surface area contributed by atoms with E-state index in [4.69, 9.17) is 5.73 Å². The topological polar surface area (TPSA) is 59.6 Å². The second kappa shape index (κ2) is 6.86. The van der Waals surface area contributed by atoms with Gasteiger partial charge in [0.05, 0.1) is 6.04 Å². The molecule has 3 rings (SSSR count). The third-order valence-electron chi connectivity index (χ3n) is 3.89. The highest BCUT2D eigenvalue weighted by Gasteiger charge is 2.40. The predicted molar refractivity (Wildman–Crippen MR) is 90.6 cm³/mol. The van der Waals surface area contributed by atoms with Gasteiger partial charge in [0.2, 0.25) is 0 Å². The van der Waals surface area contributed by atoms with E-state index in [0.717, 1.165) is 23.2 Å². The van der Waals surface area contributed by atoms with Crippen LogP contribution in [0.2, 0.25) is 0 Å². The van der Waals surface area contributed by atoms with Gasteiger partial charge in [0, 0.05) is 11.6 Å². The molecule has 0 aromatic heterocycles. The zero-order valence-electron chi connectivity index (χ0n) is 13.2. The first kappa shape index (κ1) is 16.2. The molecular weight excluding hydrogens is 312 g/mol. The van der Waals surface area contributed by atoms with Crippen molar-refractivity contribution in [3.63, 3.8) is 0 Å². The summed E-state index contributed by atoms with van der Waals surface area (Å²) in [5.41, 5.74) is 8.68. The quantitative estimate of drug-likeness (QED) is 0.646. The van der Waals surface area contributed by atoms with Crippen LogP contribution in [-0.2, 0) is 0 Å². The second-order valence-corrected chi connectivity index (χ2v) is 5.83. The summed E-state index contributed by atoms with van der Waals surface area (Å²) in [7, 11) is 0. The van der Waals surface area contributed by atoms with Gasteiger partial charge in [-0.25, -0.2) is 4.99 Å². The Hall–Kier alpha value is -2.63. The maximum absolute atomic E-state index is 12.5. The summed E-state index contributed by atoms with van der Waals surface area (Å²) < 4.78 is 29.6. The van der Waals surface area contributed by atoms with Crippen molar-refractivity contribution in [2.75, 3.05) is 5.32 Å². The Balaban J connectivity index is 1.67. The van der Waals surface area contributed by atoms with Crippen molar-refractivity contribution in [1.29, 1.82) is 0 Å². The summed E-state index contributed by atoms with van der Waals surface area (Å²) in [5.74, 6) is 0.582. The lowest BCUT2D eigenvalue weighted by Crippen LogP contribution is -2.23. The zero-order valence-corrected chi connectivity index (χ0v) is 13.2. The van der Waals surface area contributed by atoms with E-state index in [9.17, 15) is 8.78 Å². The molecule has 2 atom stereocenters. The van der Waals surface area contributed by atoms with Gasteiger partial charge in [0.25, 0.3) is 0 Å². The molecule has 6 heteroatoms. The fourth-order valence-corrected chi connectivity index (χ4v) is 2.73. The SMILES string of the molecule is Cc1cccc(NC(N)=N[C@H]2C[C@@H]2c2ccccc2OC(F)F)c1. The van der Waals surface area contributed by atoms with Gasteiger partial charge in [-0.2, -0.15) is 8.78 Å². The highest BCUT2D eigenvalue weighted by atomic mass is 19.3. The van der Waals surface area contributed by atoms with E-state index >= 15 is 0 Å². The highest BCUT2D eigenvalue weighted by molar-refractivity contribution is 5.92. The van der Waals surface area contributed by atoms with Crippen molar-refractivity contribution in [1.82, 2.24) is 0 Å². The number of aryl methyl sites for hydroxylation is 1. The number of nitrogens with two attached hydrogens (primary N) is 1. The third-order valence-corrected chi connectivity index (χ3v) is 3.89. The van der Waals surface area contributed by atoms with E-state index in [0.29, 0.717) is 5.96 Å². The molecule has 4 nitrogen and oxygen atoms in total. The molecule has 0 saturated heterocycles. The summed E-state index contributed by atoms with van der Waals surface area (Å²) in [4.78, 5) is 4.43. The molecule has 1 fully saturated rings. The minimum Gasteiger partial charge on any atom is -0.435 e. The molecule has 1 saturated carbocycles. The van der Waals surface area contributed by atoms with Gasteiger partial charge in [0.15, 0.2) is 5.96 Å². The Morgan fingerprint density at radius 2 is 2.04 bits per heavy atom. The van der Waals surface area contributed by atoms with Crippen LogP contribution in [-0.4, -0.2) is 18.6 Å². The van der Waals surface area contributed by atoms with Crippen LogP contribution in [0.1, 0.15) is 23.5 Å². The lowest BCUT2D eigenvalue weighted by Gasteiger charge is -2.10. The van der Waals surface area contributed by atoms with Gasteiger partial charge in [0.1, 0.15) is 5.75 Å². The van der Waals surface area contributed by atoms with Crippen molar-refractivity contribution >= 4 is 11.6 Å². The number of anilines is 1. The fourth-order valence-electron chi connectivity index (χ4n) is 2.73. The van der Waals surface area contributed by atoms with E-state index in [1.54, 1.807) is 24.3 Å². The number of guanidine groups is 1. The number of nitrogens with zero attached hydrogens (tertiary/aromatic N) is 1. The normalized spacial score (nSPS) is 20.1. The van der Waals surface area contributed by atoms with Crippen LogP contribution in [0.4, 0.5) is 14.5 Å². The number of ether oxygens (including phenoxy) is 1. The minimum atomic E-state index is -2.83. The van der Waals surface area contributed by atoms with Crippen molar-refractivity contribution in [3.05, 3.63) is 59.7 Å². The van der Waals surface area contributed by atoms with Crippen LogP contribution < -0.4 is 15.8 Å². The standard InChI is InChI=1S/C18H19F2N3O/c1-11-5-4-6-12(9-11)22-18(21)23-15-10-14(15)13-7-2-3-8-16(13)24-17(19)20/h2-9,14-15,17H,10H2,1H3,(H3,21,22,23)/t14-,15+/m1/s1. The maximum atomic E-state index is 12.5. The van der Waals surface area contributed by atoms with E-state index in [1.807, 2.05) is 31.2 Å². The number of para-hydroxylation sites is 1. The summed E-state index contributed by atoms with van der Waals surface area (Å²) in [6.45, 7) is -0.838. The van der Waals surface area contributed by atoms with Gasteiger partial charge in [-0.15, -0.1) is 0 Å². The van der Waals surface area contributed by atoms with Crippen LogP contribution in [0.5, 0.6) is 5.75 Å². The Morgan fingerprint density at radius 1 is 1.25 bits per heavy atom. The molecule has 0 aliphatic heterocycles. The van der Waals surface area contributed by atoms with Crippen LogP contribution in [0, 0.1) is 6.92 Å². The molecule has 0 heterocycles. The number of hydrogen-bond donors (Lipinski definition) is 2. The molecule has 2 aromatic rings. The molecule has 126 valence electrons. The molecule has 0 unspecified atom stereocenters. The van der Waals surface area contributed by atoms with Crippen LogP contribution in [0.3, 0.4) is 0 Å². The first-order valence-electron chi connectivity index (χ1n) is 7.73. The van der Waals surface area contributed by atoms with E-state index < -0.39 is 6.61 Å². The van der Waals surface area contributed by atoms with Gasteiger partial charge in [-0.05, 0) is 42.7 Å². The molecule has 2 aromatic carbocycles. The molecular formula is C18H19F2N3O. The van der Waals surface area contributed by atoms with Gasteiger partial charge < -0.3 is 15.8 Å². The molecule has 0 bridgehead atoms. The van der Waals surface area contributed by atoms with Gasteiger partial charge >= 0.3 is 6.61 Å². The molecule has 1 aliphatic carbocycles. The largest absolute Gasteiger partial charge is 0.435 e. The maximum Gasteiger partial charge on any atom is 0.387 e. The van der Waals surface area contributed by atoms with E-state index in [2.05, 4.69) is 15.0 Å². The van der Waals surface area contributed by atoms with Crippen LogP contribution in [0.15, 0.2) is 53.5 Å². The minimum absolute atomic E-state index is 0.0234. The summed E-state index contributed by atoms with van der Waals surface area (Å²) in [5, 5.41) is 3.05. The zero-order chi connectivity index (χ0) is 17.1. The number of nitrogens with one attached hydrogen (secondary N) is 1. The summed E-state index contributed by atoms with van der Waals surface area (Å²) in [6, 6.07) is 14.6. The lowest BCUT2D eigenvalue weighted by molar-refractivity contribution is -0.0504. The van der Waals surface area contributed by atoms with Gasteiger partial charge in [-0.1, -0.05) is 30.3 Å². The van der Waals surface area contributed by atoms with Gasteiger partial charge in [-0.3, -0.25) is 0 Å². The highest BCUT2D eigenvalue weighted by Crippen LogP contribution is 2.47. The average Bonchev–Trinajstić information content (AvgIpc) is 3.26. The number of rotatable bonds is 5. The van der Waals surface area contributed by atoms with Crippen molar-refractivity contribution in [2.24, 2.45) is 10.7 Å². The van der Waals surface area contributed by atoms with Crippen molar-refractivity contribution < 1.29 is 13.5 Å². The number of benzene rings is 2. The van der Waals surface area contributed by atoms with Crippen molar-refractivity contribution in [3.8, 4) is 5.75 Å². The first-order valence-corrected chi connectivity index (χ1v) is 7.73. The predicted octanol–water partition coefficient (Wildman–Crippen LogP) is 3.88. The Labute approximate surface area is 139 Å². The number of halogens is 2. The molecule has 0 spiro atoms. The second-order valence-electron chi connectivity index (χ2n) is 5.83.